The van der Waals surface area contributed by atoms with Crippen LogP contribution in [0.5, 0.6) is 0 Å². The Morgan fingerprint density at radius 3 is 2.80 bits per heavy atom. The number of hydrogen-bond donors (Lipinski definition) is 1. The van der Waals surface area contributed by atoms with E-state index in [4.69, 9.17) is 17.3 Å². The fraction of sp³-hybridized carbons (Fsp3) is 0.267. The van der Waals surface area contributed by atoms with Crippen molar-refractivity contribution in [3.8, 4) is 0 Å². The predicted octanol–water partition coefficient (Wildman–Crippen LogP) is 3.88. The molecule has 2 aromatic heterocycles. The van der Waals surface area contributed by atoms with Gasteiger partial charge in [-0.05, 0) is 31.5 Å². The van der Waals surface area contributed by atoms with Crippen LogP contribution in [0.3, 0.4) is 0 Å². The fourth-order valence-electron chi connectivity index (χ4n) is 2.39. The van der Waals surface area contributed by atoms with Gasteiger partial charge in [-0.25, -0.2) is 4.98 Å². The van der Waals surface area contributed by atoms with Gasteiger partial charge >= 0.3 is 0 Å². The molecule has 0 bridgehead atoms. The van der Waals surface area contributed by atoms with E-state index in [9.17, 15) is 0 Å². The van der Waals surface area contributed by atoms with Crippen LogP contribution in [0.25, 0.3) is 10.9 Å². The summed E-state index contributed by atoms with van der Waals surface area (Å²) in [6.45, 7) is 5.44. The van der Waals surface area contributed by atoms with Crippen LogP contribution in [-0.2, 0) is 13.1 Å². The van der Waals surface area contributed by atoms with Gasteiger partial charge < -0.3 is 10.3 Å². The lowest BCUT2D eigenvalue weighted by Gasteiger charge is -2.02. The van der Waals surface area contributed by atoms with Gasteiger partial charge in [0.15, 0.2) is 0 Å². The van der Waals surface area contributed by atoms with Gasteiger partial charge in [-0.2, -0.15) is 0 Å². The summed E-state index contributed by atoms with van der Waals surface area (Å²) in [5.74, 6) is 0. The van der Waals surface area contributed by atoms with E-state index < -0.39 is 0 Å². The Hall–Kier alpha value is -1.36. The molecule has 0 unspecified atom stereocenters. The quantitative estimate of drug-likeness (QED) is 0.798. The van der Waals surface area contributed by atoms with Crippen molar-refractivity contribution in [1.82, 2.24) is 9.55 Å². The average molecular weight is 306 g/mol. The van der Waals surface area contributed by atoms with Crippen molar-refractivity contribution in [3.05, 3.63) is 50.6 Å². The van der Waals surface area contributed by atoms with Crippen molar-refractivity contribution < 1.29 is 0 Å². The van der Waals surface area contributed by atoms with E-state index in [1.807, 2.05) is 25.1 Å². The zero-order chi connectivity index (χ0) is 14.3. The van der Waals surface area contributed by atoms with Crippen molar-refractivity contribution in [2.24, 2.45) is 5.73 Å². The minimum atomic E-state index is 0.529. The summed E-state index contributed by atoms with van der Waals surface area (Å²) >= 11 is 7.86. The molecule has 2 heterocycles. The second kappa shape index (κ2) is 5.20. The van der Waals surface area contributed by atoms with Gasteiger partial charge in [0, 0.05) is 28.0 Å². The SMILES string of the molecule is Cc1nc(Cn2cc(CN)c3ccc(Cl)cc32)sc1C. The molecular formula is C15H16ClN3S. The fourth-order valence-corrected chi connectivity index (χ4v) is 3.49. The van der Waals surface area contributed by atoms with Gasteiger partial charge in [-0.15, -0.1) is 11.3 Å². The summed E-state index contributed by atoms with van der Waals surface area (Å²) in [4.78, 5) is 5.88. The minimum Gasteiger partial charge on any atom is -0.340 e. The molecule has 104 valence electrons. The highest BCUT2D eigenvalue weighted by atomic mass is 35.5. The molecule has 1 aromatic carbocycles. The van der Waals surface area contributed by atoms with Crippen LogP contribution in [0.1, 0.15) is 21.1 Å². The topological polar surface area (TPSA) is 43.8 Å². The molecule has 0 spiro atoms. The summed E-state index contributed by atoms with van der Waals surface area (Å²) < 4.78 is 2.18. The standard InChI is InChI=1S/C15H16ClN3S/c1-9-10(2)20-15(18-9)8-19-7-11(6-17)13-4-3-12(16)5-14(13)19/h3-5,7H,6,8,17H2,1-2H3. The first-order valence-electron chi connectivity index (χ1n) is 6.48. The smallest absolute Gasteiger partial charge is 0.113 e. The third-order valence-corrected chi connectivity index (χ3v) is 4.82. The largest absolute Gasteiger partial charge is 0.340 e. The van der Waals surface area contributed by atoms with E-state index in [0.717, 1.165) is 33.3 Å². The van der Waals surface area contributed by atoms with Crippen LogP contribution in [0, 0.1) is 13.8 Å². The second-order valence-corrected chi connectivity index (χ2v) is 6.62. The van der Waals surface area contributed by atoms with Gasteiger partial charge in [-0.3, -0.25) is 0 Å². The van der Waals surface area contributed by atoms with Crippen molar-refractivity contribution in [1.29, 1.82) is 0 Å². The van der Waals surface area contributed by atoms with Crippen LogP contribution < -0.4 is 5.73 Å². The van der Waals surface area contributed by atoms with E-state index in [1.165, 1.54) is 10.3 Å². The van der Waals surface area contributed by atoms with Crippen LogP contribution in [-0.4, -0.2) is 9.55 Å². The molecule has 0 aliphatic heterocycles. The first-order chi connectivity index (χ1) is 9.58. The summed E-state index contributed by atoms with van der Waals surface area (Å²) in [5, 5.41) is 3.02. The molecule has 3 rings (SSSR count). The molecule has 0 atom stereocenters. The van der Waals surface area contributed by atoms with Crippen molar-refractivity contribution >= 4 is 33.8 Å². The molecule has 3 aromatic rings. The maximum Gasteiger partial charge on any atom is 0.113 e. The van der Waals surface area contributed by atoms with E-state index in [1.54, 1.807) is 11.3 Å². The lowest BCUT2D eigenvalue weighted by atomic mass is 10.2. The van der Waals surface area contributed by atoms with Crippen LogP contribution >= 0.6 is 22.9 Å². The monoisotopic (exact) mass is 305 g/mol. The number of halogens is 1. The second-order valence-electron chi connectivity index (χ2n) is 4.90. The van der Waals surface area contributed by atoms with Gasteiger partial charge in [0.2, 0.25) is 0 Å². The zero-order valence-electron chi connectivity index (χ0n) is 11.5. The molecule has 20 heavy (non-hydrogen) atoms. The highest BCUT2D eigenvalue weighted by Crippen LogP contribution is 2.26. The van der Waals surface area contributed by atoms with E-state index in [2.05, 4.69) is 22.7 Å². The Morgan fingerprint density at radius 2 is 2.15 bits per heavy atom. The number of aryl methyl sites for hydroxylation is 2. The normalized spacial score (nSPS) is 11.4. The first kappa shape index (κ1) is 13.6. The Labute approximate surface area is 127 Å². The molecule has 0 amide bonds. The molecule has 0 radical (unpaired) electrons. The minimum absolute atomic E-state index is 0.529. The molecular weight excluding hydrogens is 290 g/mol. The van der Waals surface area contributed by atoms with Crippen molar-refractivity contribution in [2.45, 2.75) is 26.9 Å². The lowest BCUT2D eigenvalue weighted by molar-refractivity contribution is 0.818. The maximum absolute atomic E-state index is 6.12. The molecule has 5 heteroatoms. The number of rotatable bonds is 3. The highest BCUT2D eigenvalue weighted by Gasteiger charge is 2.10. The molecule has 3 nitrogen and oxygen atoms in total. The van der Waals surface area contributed by atoms with Gasteiger partial charge in [0.25, 0.3) is 0 Å². The van der Waals surface area contributed by atoms with Crippen molar-refractivity contribution in [3.63, 3.8) is 0 Å². The Bertz CT molecular complexity index is 753. The summed E-state index contributed by atoms with van der Waals surface area (Å²) in [5.41, 5.74) is 9.19. The van der Waals surface area contributed by atoms with Gasteiger partial charge in [-0.1, -0.05) is 17.7 Å². The number of hydrogen-bond acceptors (Lipinski definition) is 3. The molecule has 0 aliphatic carbocycles. The maximum atomic E-state index is 6.12. The Kier molecular flexibility index (Phi) is 3.54. The molecule has 0 aliphatic rings. The van der Waals surface area contributed by atoms with Crippen LogP contribution in [0.4, 0.5) is 0 Å². The van der Waals surface area contributed by atoms with Crippen LogP contribution in [0.2, 0.25) is 5.02 Å². The molecule has 0 fully saturated rings. The van der Waals surface area contributed by atoms with E-state index in [-0.39, 0.29) is 0 Å². The van der Waals surface area contributed by atoms with E-state index in [0.29, 0.717) is 6.54 Å². The van der Waals surface area contributed by atoms with Gasteiger partial charge in [0.1, 0.15) is 5.01 Å². The number of benzene rings is 1. The third kappa shape index (κ3) is 2.35. The number of aromatic nitrogens is 2. The summed E-state index contributed by atoms with van der Waals surface area (Å²) in [6, 6.07) is 5.93. The average Bonchev–Trinajstić information content (AvgIpc) is 2.91. The van der Waals surface area contributed by atoms with E-state index >= 15 is 0 Å². The Balaban J connectivity index is 2.08. The number of fused-ring (bicyclic) bond motifs is 1. The van der Waals surface area contributed by atoms with Crippen molar-refractivity contribution in [2.75, 3.05) is 0 Å². The van der Waals surface area contributed by atoms with Crippen LogP contribution in [0.15, 0.2) is 24.4 Å². The zero-order valence-corrected chi connectivity index (χ0v) is 13.1. The first-order valence-corrected chi connectivity index (χ1v) is 7.68. The molecule has 0 saturated heterocycles. The number of nitrogens with zero attached hydrogens (tertiary/aromatic N) is 2. The molecule has 2 N–H and O–H groups in total. The number of nitrogens with two attached hydrogens (primary N) is 1. The van der Waals surface area contributed by atoms with Gasteiger partial charge in [0.05, 0.1) is 17.8 Å². The Morgan fingerprint density at radius 1 is 1.35 bits per heavy atom. The highest BCUT2D eigenvalue weighted by molar-refractivity contribution is 7.11. The third-order valence-electron chi connectivity index (χ3n) is 3.53. The summed E-state index contributed by atoms with van der Waals surface area (Å²) in [7, 11) is 0. The predicted molar refractivity (Wildman–Crippen MR) is 85.5 cm³/mol. The lowest BCUT2D eigenvalue weighted by Crippen LogP contribution is -1.98. The molecule has 0 saturated carbocycles. The number of thiazole rings is 1. The summed E-state index contributed by atoms with van der Waals surface area (Å²) in [6.07, 6.45) is 2.10.